The number of nitrogen functional groups attached to an aromatic ring is 1. The van der Waals surface area contributed by atoms with Gasteiger partial charge in [0.05, 0.1) is 5.69 Å². The number of anilines is 1. The lowest BCUT2D eigenvalue weighted by Crippen LogP contribution is -2.10. The van der Waals surface area contributed by atoms with E-state index < -0.39 is 0 Å². The van der Waals surface area contributed by atoms with Crippen molar-refractivity contribution in [3.63, 3.8) is 0 Å². The molecule has 104 valence electrons. The van der Waals surface area contributed by atoms with E-state index in [1.54, 1.807) is 4.68 Å². The van der Waals surface area contributed by atoms with Crippen LogP contribution in [0.5, 0.6) is 0 Å². The number of fused-ring (bicyclic) bond motifs is 1. The van der Waals surface area contributed by atoms with Crippen molar-refractivity contribution in [2.24, 2.45) is 0 Å². The zero-order chi connectivity index (χ0) is 14.4. The van der Waals surface area contributed by atoms with Crippen LogP contribution in [0.4, 0.5) is 5.82 Å². The number of hydrogen-bond acceptors (Lipinski definition) is 3. The molecule has 3 aromatic rings. The standard InChI is InChI=1S/C14H13BrClN3O/c1-7-13(16)14(17)19(18-7)8(2)12-6-9-5-10(15)3-4-11(9)20-12/h3-6,8H,17H2,1-2H3. The van der Waals surface area contributed by atoms with Gasteiger partial charge in [0.25, 0.3) is 0 Å². The number of aryl methyl sites for hydroxylation is 1. The lowest BCUT2D eigenvalue weighted by Gasteiger charge is -2.10. The average Bonchev–Trinajstić information content (AvgIpc) is 2.94. The summed E-state index contributed by atoms with van der Waals surface area (Å²) in [7, 11) is 0. The Kier molecular flexibility index (Phi) is 3.26. The summed E-state index contributed by atoms with van der Waals surface area (Å²) in [4.78, 5) is 0. The van der Waals surface area contributed by atoms with E-state index in [0.717, 1.165) is 26.9 Å². The number of aromatic nitrogens is 2. The summed E-state index contributed by atoms with van der Waals surface area (Å²) in [6, 6.07) is 7.77. The van der Waals surface area contributed by atoms with E-state index in [2.05, 4.69) is 21.0 Å². The highest BCUT2D eigenvalue weighted by Crippen LogP contribution is 2.31. The summed E-state index contributed by atoms with van der Waals surface area (Å²) in [5.41, 5.74) is 7.53. The predicted octanol–water partition coefficient (Wildman–Crippen LogP) is 4.55. The summed E-state index contributed by atoms with van der Waals surface area (Å²) in [6.45, 7) is 3.81. The van der Waals surface area contributed by atoms with Gasteiger partial charge in [-0.1, -0.05) is 27.5 Å². The second kappa shape index (κ2) is 4.82. The van der Waals surface area contributed by atoms with E-state index in [1.165, 1.54) is 0 Å². The summed E-state index contributed by atoms with van der Waals surface area (Å²) >= 11 is 9.54. The molecule has 3 rings (SSSR count). The number of nitrogens with zero attached hydrogens (tertiary/aromatic N) is 2. The third kappa shape index (κ3) is 2.11. The Morgan fingerprint density at radius 2 is 2.15 bits per heavy atom. The second-order valence-electron chi connectivity index (χ2n) is 4.74. The van der Waals surface area contributed by atoms with Gasteiger partial charge in [0, 0.05) is 9.86 Å². The number of benzene rings is 1. The van der Waals surface area contributed by atoms with Crippen molar-refractivity contribution in [3.05, 3.63) is 45.2 Å². The Labute approximate surface area is 129 Å². The Bertz CT molecular complexity index is 793. The topological polar surface area (TPSA) is 57.0 Å². The molecule has 0 fully saturated rings. The fourth-order valence-corrected chi connectivity index (χ4v) is 2.70. The minimum absolute atomic E-state index is 0.118. The quantitative estimate of drug-likeness (QED) is 0.734. The molecule has 0 spiro atoms. The molecule has 4 nitrogen and oxygen atoms in total. The minimum atomic E-state index is -0.118. The third-order valence-corrected chi connectivity index (χ3v) is 4.28. The third-order valence-electron chi connectivity index (χ3n) is 3.32. The van der Waals surface area contributed by atoms with Crippen LogP contribution in [0.2, 0.25) is 5.02 Å². The number of furan rings is 1. The molecule has 0 bridgehead atoms. The molecule has 1 aromatic carbocycles. The molecule has 1 unspecified atom stereocenters. The van der Waals surface area contributed by atoms with E-state index in [-0.39, 0.29) is 6.04 Å². The summed E-state index contributed by atoms with van der Waals surface area (Å²) in [6.07, 6.45) is 0. The molecule has 20 heavy (non-hydrogen) atoms. The smallest absolute Gasteiger partial charge is 0.141 e. The zero-order valence-corrected chi connectivity index (χ0v) is 13.4. The van der Waals surface area contributed by atoms with Crippen molar-refractivity contribution in [2.75, 3.05) is 5.73 Å². The van der Waals surface area contributed by atoms with Gasteiger partial charge in [-0.2, -0.15) is 5.10 Å². The maximum atomic E-state index is 6.08. The molecule has 1 atom stereocenters. The van der Waals surface area contributed by atoms with Crippen molar-refractivity contribution in [1.29, 1.82) is 0 Å². The van der Waals surface area contributed by atoms with Crippen molar-refractivity contribution in [2.45, 2.75) is 19.9 Å². The average molecular weight is 355 g/mol. The van der Waals surface area contributed by atoms with Crippen molar-refractivity contribution in [1.82, 2.24) is 9.78 Å². The van der Waals surface area contributed by atoms with Crippen LogP contribution in [0, 0.1) is 6.92 Å². The Balaban J connectivity index is 2.07. The zero-order valence-electron chi connectivity index (χ0n) is 11.0. The van der Waals surface area contributed by atoms with Crippen LogP contribution in [0.3, 0.4) is 0 Å². The van der Waals surface area contributed by atoms with Crippen LogP contribution in [0.15, 0.2) is 33.2 Å². The largest absolute Gasteiger partial charge is 0.459 e. The van der Waals surface area contributed by atoms with Crippen LogP contribution in [0.1, 0.15) is 24.4 Å². The molecule has 0 aliphatic rings. The van der Waals surface area contributed by atoms with Gasteiger partial charge in [0.15, 0.2) is 0 Å². The lowest BCUT2D eigenvalue weighted by atomic mass is 10.2. The van der Waals surface area contributed by atoms with Crippen molar-refractivity contribution in [3.8, 4) is 0 Å². The molecule has 0 saturated heterocycles. The van der Waals surface area contributed by atoms with Crippen LogP contribution in [0.25, 0.3) is 11.0 Å². The van der Waals surface area contributed by atoms with E-state index in [1.807, 2.05) is 38.1 Å². The molecular formula is C14H13BrClN3O. The maximum Gasteiger partial charge on any atom is 0.141 e. The number of hydrogen-bond donors (Lipinski definition) is 1. The first-order valence-electron chi connectivity index (χ1n) is 6.16. The molecule has 0 aliphatic heterocycles. The van der Waals surface area contributed by atoms with Crippen LogP contribution in [-0.2, 0) is 0 Å². The number of halogens is 2. The fraction of sp³-hybridized carbons (Fsp3) is 0.214. The number of rotatable bonds is 2. The summed E-state index contributed by atoms with van der Waals surface area (Å²) < 4.78 is 8.56. The summed E-state index contributed by atoms with van der Waals surface area (Å²) in [5, 5.41) is 5.90. The van der Waals surface area contributed by atoms with Crippen molar-refractivity contribution < 1.29 is 4.42 Å². The minimum Gasteiger partial charge on any atom is -0.459 e. The lowest BCUT2D eigenvalue weighted by molar-refractivity contribution is 0.447. The van der Waals surface area contributed by atoms with Crippen LogP contribution in [-0.4, -0.2) is 9.78 Å². The Hall–Kier alpha value is -1.46. The number of nitrogens with two attached hydrogens (primary N) is 1. The molecule has 2 heterocycles. The van der Waals surface area contributed by atoms with Crippen LogP contribution >= 0.6 is 27.5 Å². The van der Waals surface area contributed by atoms with E-state index >= 15 is 0 Å². The van der Waals surface area contributed by atoms with Gasteiger partial charge in [-0.15, -0.1) is 0 Å². The molecule has 0 amide bonds. The van der Waals surface area contributed by atoms with Crippen LogP contribution < -0.4 is 5.73 Å². The van der Waals surface area contributed by atoms with Gasteiger partial charge in [0.2, 0.25) is 0 Å². The second-order valence-corrected chi connectivity index (χ2v) is 6.03. The van der Waals surface area contributed by atoms with E-state index in [0.29, 0.717) is 10.8 Å². The van der Waals surface area contributed by atoms with Gasteiger partial charge in [-0.25, -0.2) is 4.68 Å². The highest BCUT2D eigenvalue weighted by atomic mass is 79.9. The monoisotopic (exact) mass is 353 g/mol. The SMILES string of the molecule is Cc1nn(C(C)c2cc3cc(Br)ccc3o2)c(N)c1Cl. The first-order chi connectivity index (χ1) is 9.47. The highest BCUT2D eigenvalue weighted by Gasteiger charge is 2.19. The molecule has 0 aliphatic carbocycles. The van der Waals surface area contributed by atoms with Gasteiger partial charge in [0.1, 0.15) is 28.2 Å². The highest BCUT2D eigenvalue weighted by molar-refractivity contribution is 9.10. The van der Waals surface area contributed by atoms with E-state index in [9.17, 15) is 0 Å². The first-order valence-corrected chi connectivity index (χ1v) is 7.33. The first kappa shape index (κ1) is 13.5. The molecule has 2 aromatic heterocycles. The van der Waals surface area contributed by atoms with Gasteiger partial charge >= 0.3 is 0 Å². The molecule has 0 radical (unpaired) electrons. The molecule has 2 N–H and O–H groups in total. The fourth-order valence-electron chi connectivity index (χ4n) is 2.20. The molecule has 6 heteroatoms. The normalized spacial score (nSPS) is 13.0. The summed E-state index contributed by atoms with van der Waals surface area (Å²) in [5.74, 6) is 1.25. The van der Waals surface area contributed by atoms with Gasteiger partial charge < -0.3 is 10.2 Å². The molecular weight excluding hydrogens is 342 g/mol. The Morgan fingerprint density at radius 3 is 2.80 bits per heavy atom. The maximum absolute atomic E-state index is 6.08. The van der Waals surface area contributed by atoms with E-state index in [4.69, 9.17) is 21.8 Å². The molecule has 0 saturated carbocycles. The van der Waals surface area contributed by atoms with Gasteiger partial charge in [-0.05, 0) is 38.1 Å². The van der Waals surface area contributed by atoms with Gasteiger partial charge in [-0.3, -0.25) is 0 Å². The van der Waals surface area contributed by atoms with Crippen molar-refractivity contribution >= 4 is 44.3 Å². The Morgan fingerprint density at radius 1 is 1.40 bits per heavy atom. The predicted molar refractivity (Wildman–Crippen MR) is 84.1 cm³/mol.